The van der Waals surface area contributed by atoms with Crippen molar-refractivity contribution in [2.45, 2.75) is 19.4 Å². The number of hydrogen-bond acceptors (Lipinski definition) is 2. The van der Waals surface area contributed by atoms with Crippen LogP contribution in [0, 0.1) is 6.92 Å². The van der Waals surface area contributed by atoms with Crippen LogP contribution in [0.4, 0.5) is 0 Å². The Morgan fingerprint density at radius 2 is 2.17 bits per heavy atom. The van der Waals surface area contributed by atoms with Crippen LogP contribution >= 0.6 is 0 Å². The van der Waals surface area contributed by atoms with Crippen molar-refractivity contribution in [1.82, 2.24) is 9.88 Å². The van der Waals surface area contributed by atoms with E-state index < -0.39 is 0 Å². The monoisotopic (exact) mass is 244 g/mol. The molecule has 96 valence electrons. The fourth-order valence-corrected chi connectivity index (χ4v) is 2.79. The van der Waals surface area contributed by atoms with Gasteiger partial charge >= 0.3 is 0 Å². The minimum atomic E-state index is 0.408. The number of benzene rings is 1. The van der Waals surface area contributed by atoms with E-state index in [0.29, 0.717) is 6.04 Å². The predicted octanol–water partition coefficient (Wildman–Crippen LogP) is 2.54. The topological polar surface area (TPSA) is 26.2 Å². The number of hydrogen-bond donors (Lipinski definition) is 1. The summed E-state index contributed by atoms with van der Waals surface area (Å²) in [5.41, 5.74) is 3.99. The lowest BCUT2D eigenvalue weighted by Crippen LogP contribution is -2.23. The maximum Gasteiger partial charge on any atom is 0.0591 e. The van der Waals surface area contributed by atoms with E-state index in [1.807, 2.05) is 0 Å². The quantitative estimate of drug-likeness (QED) is 0.834. The summed E-state index contributed by atoms with van der Waals surface area (Å²) < 4.78 is 7.81. The van der Waals surface area contributed by atoms with Crippen molar-refractivity contribution in [2.24, 2.45) is 7.05 Å². The molecule has 0 bridgehead atoms. The van der Waals surface area contributed by atoms with Gasteiger partial charge in [-0.05, 0) is 31.5 Å². The number of ether oxygens (including phenoxy) is 1. The van der Waals surface area contributed by atoms with E-state index in [2.05, 4.69) is 48.1 Å². The second kappa shape index (κ2) is 4.75. The van der Waals surface area contributed by atoms with E-state index in [1.165, 1.54) is 22.2 Å². The number of rotatable bonds is 1. The number of fused-ring (bicyclic) bond motifs is 1. The van der Waals surface area contributed by atoms with Crippen LogP contribution in [-0.2, 0) is 11.8 Å². The maximum absolute atomic E-state index is 5.51. The van der Waals surface area contributed by atoms with Gasteiger partial charge in [0.2, 0.25) is 0 Å². The van der Waals surface area contributed by atoms with Crippen molar-refractivity contribution in [3.8, 4) is 0 Å². The summed E-state index contributed by atoms with van der Waals surface area (Å²) >= 11 is 0. The van der Waals surface area contributed by atoms with E-state index >= 15 is 0 Å². The predicted molar refractivity (Wildman–Crippen MR) is 73.8 cm³/mol. The lowest BCUT2D eigenvalue weighted by molar-refractivity contribution is 0.149. The van der Waals surface area contributed by atoms with Gasteiger partial charge in [0.1, 0.15) is 0 Å². The molecule has 1 saturated heterocycles. The van der Waals surface area contributed by atoms with Crippen molar-refractivity contribution in [3.63, 3.8) is 0 Å². The van der Waals surface area contributed by atoms with Gasteiger partial charge < -0.3 is 14.6 Å². The van der Waals surface area contributed by atoms with Crippen LogP contribution in [-0.4, -0.2) is 24.3 Å². The molecule has 2 aromatic rings. The first-order valence-corrected chi connectivity index (χ1v) is 6.63. The highest BCUT2D eigenvalue weighted by molar-refractivity contribution is 5.82. The molecule has 1 unspecified atom stereocenters. The molecule has 1 aliphatic rings. The zero-order valence-electron chi connectivity index (χ0n) is 11.1. The minimum Gasteiger partial charge on any atom is -0.380 e. The van der Waals surface area contributed by atoms with Gasteiger partial charge in [-0.2, -0.15) is 0 Å². The summed E-state index contributed by atoms with van der Waals surface area (Å²) in [5.74, 6) is 0. The number of nitrogens with zero attached hydrogens (tertiary/aromatic N) is 1. The molecular formula is C15H20N2O. The van der Waals surface area contributed by atoms with Gasteiger partial charge in [0, 0.05) is 42.8 Å². The van der Waals surface area contributed by atoms with Crippen LogP contribution in [0.3, 0.4) is 0 Å². The van der Waals surface area contributed by atoms with Crippen molar-refractivity contribution >= 4 is 10.9 Å². The van der Waals surface area contributed by atoms with Gasteiger partial charge in [-0.25, -0.2) is 0 Å². The molecule has 1 N–H and O–H groups in total. The van der Waals surface area contributed by atoms with Gasteiger partial charge in [-0.15, -0.1) is 0 Å². The van der Waals surface area contributed by atoms with E-state index in [1.54, 1.807) is 0 Å². The fraction of sp³-hybridized carbons (Fsp3) is 0.467. The first-order valence-electron chi connectivity index (χ1n) is 6.63. The zero-order chi connectivity index (χ0) is 12.5. The van der Waals surface area contributed by atoms with E-state index in [9.17, 15) is 0 Å². The van der Waals surface area contributed by atoms with Crippen molar-refractivity contribution in [2.75, 3.05) is 19.8 Å². The fourth-order valence-electron chi connectivity index (χ4n) is 2.79. The van der Waals surface area contributed by atoms with E-state index in [4.69, 9.17) is 4.74 Å². The molecule has 3 rings (SSSR count). The molecule has 1 fully saturated rings. The van der Waals surface area contributed by atoms with E-state index in [0.717, 1.165) is 26.2 Å². The van der Waals surface area contributed by atoms with Crippen LogP contribution in [0.2, 0.25) is 0 Å². The van der Waals surface area contributed by atoms with Crippen molar-refractivity contribution in [1.29, 1.82) is 0 Å². The highest BCUT2D eigenvalue weighted by atomic mass is 16.5. The SMILES string of the molecule is Cc1ccc2c(c1)cc(C1CCOCCN1)n2C. The lowest BCUT2D eigenvalue weighted by atomic mass is 10.1. The number of aryl methyl sites for hydroxylation is 2. The lowest BCUT2D eigenvalue weighted by Gasteiger charge is -2.16. The molecule has 1 aliphatic heterocycles. The van der Waals surface area contributed by atoms with Crippen molar-refractivity contribution < 1.29 is 4.74 Å². The molecule has 3 heteroatoms. The Morgan fingerprint density at radius 1 is 1.28 bits per heavy atom. The molecule has 2 heterocycles. The second-order valence-corrected chi connectivity index (χ2v) is 5.10. The van der Waals surface area contributed by atoms with Crippen LogP contribution in [0.25, 0.3) is 10.9 Å². The average molecular weight is 244 g/mol. The standard InChI is InChI=1S/C15H20N2O/c1-11-3-4-14-12(9-11)10-15(17(14)2)13-5-7-18-8-6-16-13/h3-4,9-10,13,16H,5-8H2,1-2H3. The molecule has 1 aromatic carbocycles. The third-order valence-electron chi connectivity index (χ3n) is 3.78. The largest absolute Gasteiger partial charge is 0.380 e. The Balaban J connectivity index is 2.02. The second-order valence-electron chi connectivity index (χ2n) is 5.10. The molecule has 3 nitrogen and oxygen atoms in total. The minimum absolute atomic E-state index is 0.408. The first-order chi connectivity index (χ1) is 8.75. The Bertz CT molecular complexity index is 551. The van der Waals surface area contributed by atoms with Crippen LogP contribution in [0.1, 0.15) is 23.7 Å². The Hall–Kier alpha value is -1.32. The smallest absolute Gasteiger partial charge is 0.0591 e. The normalized spacial score (nSPS) is 21.1. The van der Waals surface area contributed by atoms with Crippen LogP contribution in [0.15, 0.2) is 24.3 Å². The molecule has 0 radical (unpaired) electrons. The molecule has 0 amide bonds. The van der Waals surface area contributed by atoms with E-state index in [-0.39, 0.29) is 0 Å². The van der Waals surface area contributed by atoms with Gasteiger partial charge in [0.15, 0.2) is 0 Å². The van der Waals surface area contributed by atoms with Crippen LogP contribution in [0.5, 0.6) is 0 Å². The Morgan fingerprint density at radius 3 is 3.06 bits per heavy atom. The Kier molecular flexibility index (Phi) is 3.10. The van der Waals surface area contributed by atoms with Gasteiger partial charge in [-0.1, -0.05) is 11.6 Å². The molecule has 0 spiro atoms. The highest BCUT2D eigenvalue weighted by Crippen LogP contribution is 2.26. The summed E-state index contributed by atoms with van der Waals surface area (Å²) in [7, 11) is 2.15. The van der Waals surface area contributed by atoms with Crippen LogP contribution < -0.4 is 5.32 Å². The maximum atomic E-state index is 5.51. The zero-order valence-corrected chi connectivity index (χ0v) is 11.1. The Labute approximate surface area is 108 Å². The average Bonchev–Trinajstić information content (AvgIpc) is 2.57. The van der Waals surface area contributed by atoms with Gasteiger partial charge in [0.05, 0.1) is 6.61 Å². The summed E-state index contributed by atoms with van der Waals surface area (Å²) in [6.45, 7) is 4.74. The summed E-state index contributed by atoms with van der Waals surface area (Å²) in [5, 5.41) is 4.90. The molecular weight excluding hydrogens is 224 g/mol. The summed E-state index contributed by atoms with van der Waals surface area (Å²) in [4.78, 5) is 0. The third-order valence-corrected chi connectivity index (χ3v) is 3.78. The highest BCUT2D eigenvalue weighted by Gasteiger charge is 2.18. The number of nitrogens with one attached hydrogen (secondary N) is 1. The summed E-state index contributed by atoms with van der Waals surface area (Å²) in [6, 6.07) is 9.36. The first kappa shape index (κ1) is 11.8. The van der Waals surface area contributed by atoms with Crippen molar-refractivity contribution in [3.05, 3.63) is 35.5 Å². The molecule has 1 atom stereocenters. The molecule has 18 heavy (non-hydrogen) atoms. The number of aromatic nitrogens is 1. The molecule has 0 saturated carbocycles. The van der Waals surface area contributed by atoms with Gasteiger partial charge in [0.25, 0.3) is 0 Å². The molecule has 1 aromatic heterocycles. The summed E-state index contributed by atoms with van der Waals surface area (Å²) in [6.07, 6.45) is 1.04. The molecule has 0 aliphatic carbocycles. The van der Waals surface area contributed by atoms with Gasteiger partial charge in [-0.3, -0.25) is 0 Å². The third kappa shape index (κ3) is 2.04.